The number of carboxylic acid groups (broad SMARTS) is 2. The van der Waals surface area contributed by atoms with Crippen LogP contribution in [0.3, 0.4) is 0 Å². The summed E-state index contributed by atoms with van der Waals surface area (Å²) in [5.41, 5.74) is 8.58. The molecule has 1 atom stereocenters. The Kier molecular flexibility index (Phi) is 9.02. The molecule has 0 saturated heterocycles. The Morgan fingerprint density at radius 1 is 1.08 bits per heavy atom. The summed E-state index contributed by atoms with van der Waals surface area (Å²) >= 11 is 0. The maximum Gasteiger partial charge on any atom is 0.335 e. The van der Waals surface area contributed by atoms with Crippen LogP contribution in [0.2, 0.25) is 0 Å². The van der Waals surface area contributed by atoms with Crippen molar-refractivity contribution in [3.63, 3.8) is 0 Å². The number of oxazole rings is 1. The number of aromatic nitrogens is 1. The number of aryl methyl sites for hydroxylation is 2. The molecule has 0 amide bonds. The predicted molar refractivity (Wildman–Crippen MR) is 133 cm³/mol. The number of benzene rings is 2. The monoisotopic (exact) mass is 510 g/mol. The molecule has 0 aliphatic rings. The zero-order valence-electron chi connectivity index (χ0n) is 20.9. The Labute approximate surface area is 214 Å². The number of nitrogens with zero attached hydrogens (tertiary/aromatic N) is 1. The highest BCUT2D eigenvalue weighted by Gasteiger charge is 2.23. The summed E-state index contributed by atoms with van der Waals surface area (Å²) < 4.78 is 16.8. The third kappa shape index (κ3) is 7.40. The molecular formula is C27H30N2O8. The van der Waals surface area contributed by atoms with Crippen LogP contribution in [0.5, 0.6) is 5.75 Å². The number of rotatable bonds is 12. The highest BCUT2D eigenvalue weighted by atomic mass is 16.5. The summed E-state index contributed by atoms with van der Waals surface area (Å²) in [6, 6.07) is 10.3. The second-order valence-corrected chi connectivity index (χ2v) is 8.72. The zero-order valence-corrected chi connectivity index (χ0v) is 20.9. The molecule has 4 N–H and O–H groups in total. The second-order valence-electron chi connectivity index (χ2n) is 8.72. The number of ether oxygens (including phenoxy) is 2. The first-order valence-electron chi connectivity index (χ1n) is 11.8. The highest BCUT2D eigenvalue weighted by Crippen LogP contribution is 2.26. The van der Waals surface area contributed by atoms with Gasteiger partial charge in [-0.1, -0.05) is 12.1 Å². The lowest BCUT2D eigenvalue weighted by molar-refractivity contribution is -0.149. The lowest BCUT2D eigenvalue weighted by Gasteiger charge is -2.18. The summed E-state index contributed by atoms with van der Waals surface area (Å²) in [7, 11) is 0. The maximum atomic E-state index is 12.4. The first-order chi connectivity index (χ1) is 17.5. The Morgan fingerprint density at radius 2 is 1.84 bits per heavy atom. The van der Waals surface area contributed by atoms with Crippen LogP contribution in [0.15, 0.2) is 46.9 Å². The van der Waals surface area contributed by atoms with E-state index in [1.165, 1.54) is 12.1 Å². The standard InChI is InChI=1S/C27H30N2O8/c1-15(2)36-27(34)24(28)21-14-20(9-7-17(21)8-10-23(30)31)35-12-11-22-16(3)37-25(29-22)18-5-4-6-19(13-18)26(32)33/h4-7,9,13-15,24H,8,10-12,28H2,1-3H3,(H,30,31)(H,32,33). The van der Waals surface area contributed by atoms with Crippen LogP contribution in [0.4, 0.5) is 0 Å². The van der Waals surface area contributed by atoms with Gasteiger partial charge in [-0.3, -0.25) is 4.79 Å². The first kappa shape index (κ1) is 27.4. The fourth-order valence-electron chi connectivity index (χ4n) is 3.69. The van der Waals surface area contributed by atoms with Gasteiger partial charge in [-0.2, -0.15) is 0 Å². The van der Waals surface area contributed by atoms with Gasteiger partial charge in [-0.15, -0.1) is 0 Å². The topological polar surface area (TPSA) is 162 Å². The molecule has 2 aromatic carbocycles. The Morgan fingerprint density at radius 3 is 2.51 bits per heavy atom. The van der Waals surface area contributed by atoms with Crippen molar-refractivity contribution in [2.75, 3.05) is 6.61 Å². The Hall–Kier alpha value is -4.18. The number of hydrogen-bond acceptors (Lipinski definition) is 8. The van der Waals surface area contributed by atoms with E-state index in [2.05, 4.69) is 4.98 Å². The second kappa shape index (κ2) is 12.2. The van der Waals surface area contributed by atoms with Crippen LogP contribution in [0, 0.1) is 6.92 Å². The summed E-state index contributed by atoms with van der Waals surface area (Å²) in [5, 5.41) is 18.3. The van der Waals surface area contributed by atoms with E-state index in [9.17, 15) is 19.5 Å². The molecule has 37 heavy (non-hydrogen) atoms. The van der Waals surface area contributed by atoms with Gasteiger partial charge in [0.25, 0.3) is 0 Å². The predicted octanol–water partition coefficient (Wildman–Crippen LogP) is 3.94. The molecule has 3 rings (SSSR count). The minimum Gasteiger partial charge on any atom is -0.493 e. The van der Waals surface area contributed by atoms with Crippen LogP contribution in [0.1, 0.15) is 59.2 Å². The third-order valence-electron chi connectivity index (χ3n) is 5.52. The van der Waals surface area contributed by atoms with E-state index in [0.717, 1.165) is 0 Å². The molecule has 1 unspecified atom stereocenters. The molecule has 0 spiro atoms. The van der Waals surface area contributed by atoms with E-state index in [1.54, 1.807) is 51.1 Å². The molecule has 1 aromatic heterocycles. The summed E-state index contributed by atoms with van der Waals surface area (Å²) in [6.45, 7) is 5.44. The van der Waals surface area contributed by atoms with Gasteiger partial charge in [0.05, 0.1) is 24.0 Å². The van der Waals surface area contributed by atoms with Gasteiger partial charge in [0.15, 0.2) is 0 Å². The number of esters is 1. The van der Waals surface area contributed by atoms with Crippen molar-refractivity contribution in [3.8, 4) is 17.2 Å². The van der Waals surface area contributed by atoms with Crippen molar-refractivity contribution in [1.29, 1.82) is 0 Å². The average molecular weight is 511 g/mol. The molecule has 0 radical (unpaired) electrons. The number of hydrogen-bond donors (Lipinski definition) is 3. The molecular weight excluding hydrogens is 480 g/mol. The summed E-state index contributed by atoms with van der Waals surface area (Å²) in [4.78, 5) is 39.2. The number of carbonyl (C=O) groups excluding carboxylic acids is 1. The van der Waals surface area contributed by atoms with E-state index in [1.807, 2.05) is 0 Å². The largest absolute Gasteiger partial charge is 0.493 e. The van der Waals surface area contributed by atoms with Crippen molar-refractivity contribution >= 4 is 17.9 Å². The molecule has 1 heterocycles. The molecule has 10 nitrogen and oxygen atoms in total. The fraction of sp³-hybridized carbons (Fsp3) is 0.333. The smallest absolute Gasteiger partial charge is 0.335 e. The quantitative estimate of drug-likeness (QED) is 0.304. The van der Waals surface area contributed by atoms with Gasteiger partial charge in [0, 0.05) is 18.4 Å². The highest BCUT2D eigenvalue weighted by molar-refractivity contribution is 5.89. The van der Waals surface area contributed by atoms with E-state index < -0.39 is 23.9 Å². The molecule has 0 saturated carbocycles. The minimum atomic E-state index is -1.09. The van der Waals surface area contributed by atoms with Crippen molar-refractivity contribution in [2.45, 2.75) is 52.2 Å². The summed E-state index contributed by atoms with van der Waals surface area (Å²) in [5.74, 6) is -1.25. The number of aliphatic carboxylic acids is 1. The van der Waals surface area contributed by atoms with E-state index in [4.69, 9.17) is 24.7 Å². The van der Waals surface area contributed by atoms with Gasteiger partial charge in [0.1, 0.15) is 17.6 Å². The lowest BCUT2D eigenvalue weighted by Crippen LogP contribution is -2.27. The van der Waals surface area contributed by atoms with Gasteiger partial charge < -0.3 is 29.8 Å². The normalized spacial score (nSPS) is 11.8. The molecule has 0 fully saturated rings. The van der Waals surface area contributed by atoms with Crippen LogP contribution < -0.4 is 10.5 Å². The Balaban J connectivity index is 1.73. The van der Waals surface area contributed by atoms with E-state index >= 15 is 0 Å². The van der Waals surface area contributed by atoms with Gasteiger partial charge in [-0.05, 0) is 68.7 Å². The van der Waals surface area contributed by atoms with Crippen molar-refractivity contribution in [2.24, 2.45) is 5.73 Å². The van der Waals surface area contributed by atoms with E-state index in [0.29, 0.717) is 46.2 Å². The fourth-order valence-corrected chi connectivity index (χ4v) is 3.69. The number of carboxylic acids is 2. The molecule has 196 valence electrons. The molecule has 3 aromatic rings. The SMILES string of the molecule is Cc1oc(-c2cccc(C(=O)O)c2)nc1CCOc1ccc(CCC(=O)O)c(C(N)C(=O)OC(C)C)c1. The Bertz CT molecular complexity index is 1280. The molecule has 10 heteroatoms. The van der Waals surface area contributed by atoms with Crippen LogP contribution in [0.25, 0.3) is 11.5 Å². The van der Waals surface area contributed by atoms with Crippen molar-refractivity contribution < 1.29 is 38.5 Å². The molecule has 0 aliphatic heterocycles. The van der Waals surface area contributed by atoms with Gasteiger partial charge >= 0.3 is 17.9 Å². The lowest BCUT2D eigenvalue weighted by atomic mass is 9.97. The van der Waals surface area contributed by atoms with Gasteiger partial charge in [-0.25, -0.2) is 14.6 Å². The molecule has 0 bridgehead atoms. The number of aromatic carboxylic acids is 1. The minimum absolute atomic E-state index is 0.109. The molecule has 0 aliphatic carbocycles. The zero-order chi connectivity index (χ0) is 27.1. The maximum absolute atomic E-state index is 12.4. The van der Waals surface area contributed by atoms with E-state index in [-0.39, 0.29) is 31.1 Å². The van der Waals surface area contributed by atoms with Crippen molar-refractivity contribution in [3.05, 3.63) is 70.6 Å². The average Bonchev–Trinajstić information content (AvgIpc) is 3.22. The number of carbonyl (C=O) groups is 3. The third-order valence-corrected chi connectivity index (χ3v) is 5.52. The number of nitrogens with two attached hydrogens (primary N) is 1. The first-order valence-corrected chi connectivity index (χ1v) is 11.8. The van der Waals surface area contributed by atoms with Crippen LogP contribution in [-0.2, 0) is 27.2 Å². The van der Waals surface area contributed by atoms with Crippen LogP contribution >= 0.6 is 0 Å². The summed E-state index contributed by atoms with van der Waals surface area (Å²) in [6.07, 6.45) is 0.161. The van der Waals surface area contributed by atoms with Gasteiger partial charge in [0.2, 0.25) is 5.89 Å². The van der Waals surface area contributed by atoms with Crippen molar-refractivity contribution in [1.82, 2.24) is 4.98 Å². The van der Waals surface area contributed by atoms with Crippen LogP contribution in [-0.4, -0.2) is 45.8 Å².